The third-order valence-corrected chi connectivity index (χ3v) is 9.76. The Kier molecular flexibility index (Phi) is 11.0. The molecule has 0 spiro atoms. The molecule has 0 aliphatic carbocycles. The summed E-state index contributed by atoms with van der Waals surface area (Å²) in [5.74, 6) is -2.06. The number of carboxylic acid groups (broad SMARTS) is 1. The molecule has 0 unspecified atom stereocenters. The Morgan fingerprint density at radius 3 is 2.45 bits per heavy atom. The molecule has 13 nitrogen and oxygen atoms in total. The standard InChI is InChI=1S/C33H32ClN5O8S2/c1-33(2,31(43)44)47-38-24(23-17-49-32(35)36-23)27(40)37-25-28(41)39-26(30(42)46-15-20-9-12-22(45-3)13-10-20)21(16-48-29(25)39)11-8-18-4-6-19(14-34)7-5-18/h4-13,17,25,29H,14-16H2,1-3H3,(H2,35,36)(H,37,40)(H,43,44)/b11-8+,38-24-/t25-,29-/m1/s1. The number of alkyl halides is 1. The highest BCUT2D eigenvalue weighted by Gasteiger charge is 2.54. The van der Waals surface area contributed by atoms with Gasteiger partial charge in [-0.1, -0.05) is 53.7 Å². The van der Waals surface area contributed by atoms with Crippen molar-refractivity contribution >= 4 is 75.4 Å². The lowest BCUT2D eigenvalue weighted by Gasteiger charge is -2.49. The second-order valence-electron chi connectivity index (χ2n) is 11.3. The number of nitrogen functional groups attached to an aromatic ring is 1. The SMILES string of the molecule is COc1ccc(COC(=O)C2=C(/C=C/c3ccc(CCl)cc3)CS[C@@H]3[C@H](NC(=O)/C(=N\OC(C)(C)C(=O)O)c4csc(N)n4)C(=O)N23)cc1. The normalized spacial score (nSPS) is 17.8. The zero-order chi connectivity index (χ0) is 35.3. The van der Waals surface area contributed by atoms with E-state index in [2.05, 4.69) is 15.5 Å². The van der Waals surface area contributed by atoms with Crippen molar-refractivity contribution in [3.05, 3.63) is 93.6 Å². The van der Waals surface area contributed by atoms with E-state index in [1.54, 1.807) is 37.5 Å². The molecular weight excluding hydrogens is 694 g/mol. The fourth-order valence-corrected chi connectivity index (χ4v) is 6.67. The fourth-order valence-electron chi connectivity index (χ4n) is 4.62. The third kappa shape index (κ3) is 8.07. The molecule has 4 N–H and O–H groups in total. The summed E-state index contributed by atoms with van der Waals surface area (Å²) in [6.07, 6.45) is 3.59. The number of oxime groups is 1. The summed E-state index contributed by atoms with van der Waals surface area (Å²) in [5, 5.41) is 16.8. The fraction of sp³-hybridized carbons (Fsp3) is 0.273. The largest absolute Gasteiger partial charge is 0.497 e. The molecule has 16 heteroatoms. The number of carbonyl (C=O) groups is 4. The number of anilines is 1. The highest BCUT2D eigenvalue weighted by Crippen LogP contribution is 2.41. The molecule has 0 radical (unpaired) electrons. The van der Waals surface area contributed by atoms with Crippen molar-refractivity contribution in [1.29, 1.82) is 0 Å². The lowest BCUT2D eigenvalue weighted by atomic mass is 10.0. The quantitative estimate of drug-likeness (QED) is 0.0756. The predicted molar refractivity (Wildman–Crippen MR) is 186 cm³/mol. The van der Waals surface area contributed by atoms with Crippen molar-refractivity contribution in [1.82, 2.24) is 15.2 Å². The van der Waals surface area contributed by atoms with Crippen LogP contribution in [0.4, 0.5) is 5.13 Å². The second-order valence-corrected chi connectivity index (χ2v) is 13.5. The highest BCUT2D eigenvalue weighted by atomic mass is 35.5. The number of methoxy groups -OCH3 is 1. The van der Waals surface area contributed by atoms with Crippen molar-refractivity contribution in [2.45, 2.75) is 43.4 Å². The van der Waals surface area contributed by atoms with Gasteiger partial charge in [-0.2, -0.15) is 0 Å². The van der Waals surface area contributed by atoms with Crippen LogP contribution in [0.25, 0.3) is 6.08 Å². The number of fused-ring (bicyclic) bond motifs is 1. The Labute approximate surface area is 294 Å². The average molecular weight is 726 g/mol. The lowest BCUT2D eigenvalue weighted by molar-refractivity contribution is -0.161. The Balaban J connectivity index is 1.39. The molecule has 2 atom stereocenters. The van der Waals surface area contributed by atoms with E-state index in [0.29, 0.717) is 23.0 Å². The molecule has 0 saturated carbocycles. The summed E-state index contributed by atoms with van der Waals surface area (Å²) in [5.41, 5.74) is 6.82. The number of ether oxygens (including phenoxy) is 2. The van der Waals surface area contributed by atoms with E-state index in [0.717, 1.165) is 28.0 Å². The first-order valence-corrected chi connectivity index (χ1v) is 17.2. The minimum Gasteiger partial charge on any atom is -0.497 e. The molecule has 1 fully saturated rings. The average Bonchev–Trinajstić information content (AvgIpc) is 3.53. The predicted octanol–water partition coefficient (Wildman–Crippen LogP) is 4.17. The van der Waals surface area contributed by atoms with Crippen molar-refractivity contribution in [3.8, 4) is 5.75 Å². The highest BCUT2D eigenvalue weighted by molar-refractivity contribution is 8.00. The van der Waals surface area contributed by atoms with Crippen LogP contribution in [0.2, 0.25) is 0 Å². The molecule has 2 amide bonds. The van der Waals surface area contributed by atoms with Crippen LogP contribution in [0.5, 0.6) is 5.75 Å². The molecule has 0 bridgehead atoms. The summed E-state index contributed by atoms with van der Waals surface area (Å²) in [6.45, 7) is 2.48. The molecule has 3 aromatic rings. The number of halogens is 1. The van der Waals surface area contributed by atoms with Crippen LogP contribution in [0.3, 0.4) is 0 Å². The zero-order valence-corrected chi connectivity index (χ0v) is 28.9. The number of nitrogens with zero attached hydrogens (tertiary/aromatic N) is 3. The van der Waals surface area contributed by atoms with Crippen molar-refractivity contribution < 1.29 is 38.6 Å². The molecule has 256 valence electrons. The molecule has 2 aliphatic heterocycles. The number of thiazole rings is 1. The number of hydrogen-bond acceptors (Lipinski definition) is 12. The lowest BCUT2D eigenvalue weighted by Crippen LogP contribution is -2.71. The number of carboxylic acids is 1. The van der Waals surface area contributed by atoms with Crippen molar-refractivity contribution in [2.75, 3.05) is 18.6 Å². The van der Waals surface area contributed by atoms with Crippen LogP contribution in [0, 0.1) is 0 Å². The van der Waals surface area contributed by atoms with Gasteiger partial charge in [0.15, 0.2) is 10.8 Å². The van der Waals surface area contributed by atoms with Crippen LogP contribution in [-0.4, -0.2) is 74.3 Å². The maximum atomic E-state index is 13.7. The molecule has 49 heavy (non-hydrogen) atoms. The number of aromatic nitrogens is 1. The molecule has 1 aromatic heterocycles. The summed E-state index contributed by atoms with van der Waals surface area (Å²) >= 11 is 8.30. The van der Waals surface area contributed by atoms with E-state index in [4.69, 9.17) is 31.6 Å². The first-order valence-electron chi connectivity index (χ1n) is 14.7. The number of nitrogens with one attached hydrogen (secondary N) is 1. The van der Waals surface area contributed by atoms with Gasteiger partial charge in [0.25, 0.3) is 11.8 Å². The molecular formula is C33H32ClN5O8S2. The van der Waals surface area contributed by atoms with Gasteiger partial charge in [0.2, 0.25) is 5.60 Å². The van der Waals surface area contributed by atoms with Crippen LogP contribution < -0.4 is 15.8 Å². The van der Waals surface area contributed by atoms with E-state index >= 15 is 0 Å². The van der Waals surface area contributed by atoms with Gasteiger partial charge in [-0.15, -0.1) is 34.7 Å². The van der Waals surface area contributed by atoms with Gasteiger partial charge in [-0.3, -0.25) is 14.5 Å². The minimum atomic E-state index is -1.77. The number of allylic oxidation sites excluding steroid dienone is 1. The maximum Gasteiger partial charge on any atom is 0.355 e. The first kappa shape index (κ1) is 35.4. The summed E-state index contributed by atoms with van der Waals surface area (Å²) in [4.78, 5) is 62.9. The number of thioether (sulfide) groups is 1. The van der Waals surface area contributed by atoms with Gasteiger partial charge in [-0.05, 0) is 48.2 Å². The number of hydrogen-bond donors (Lipinski definition) is 3. The van der Waals surface area contributed by atoms with Crippen molar-refractivity contribution in [3.63, 3.8) is 0 Å². The topological polar surface area (TPSA) is 183 Å². The Hall–Kier alpha value is -4.86. The molecule has 3 heterocycles. The Morgan fingerprint density at radius 2 is 1.84 bits per heavy atom. The van der Waals surface area contributed by atoms with E-state index in [9.17, 15) is 24.3 Å². The van der Waals surface area contributed by atoms with Crippen molar-refractivity contribution in [2.24, 2.45) is 5.16 Å². The van der Waals surface area contributed by atoms with Crippen LogP contribution in [0.15, 0.2) is 76.4 Å². The van der Waals surface area contributed by atoms with Gasteiger partial charge < -0.3 is 30.5 Å². The minimum absolute atomic E-state index is 0.0373. The summed E-state index contributed by atoms with van der Waals surface area (Å²) in [7, 11) is 1.55. The number of benzene rings is 2. The molecule has 5 rings (SSSR count). The number of β-lactam (4-membered cyclic amide) rings is 1. The smallest absolute Gasteiger partial charge is 0.355 e. The molecule has 1 saturated heterocycles. The molecule has 2 aromatic carbocycles. The monoisotopic (exact) mass is 725 g/mol. The van der Waals surface area contributed by atoms with E-state index in [1.807, 2.05) is 30.3 Å². The second kappa shape index (κ2) is 15.1. The number of esters is 1. The molecule has 2 aliphatic rings. The zero-order valence-electron chi connectivity index (χ0n) is 26.5. The van der Waals surface area contributed by atoms with E-state index in [1.165, 1.54) is 35.9 Å². The summed E-state index contributed by atoms with van der Waals surface area (Å²) < 4.78 is 10.9. The number of rotatable bonds is 13. The van der Waals surface area contributed by atoms with Gasteiger partial charge in [0, 0.05) is 17.0 Å². The van der Waals surface area contributed by atoms with E-state index in [-0.39, 0.29) is 28.8 Å². The third-order valence-electron chi connectivity index (χ3n) is 7.48. The van der Waals surface area contributed by atoms with Gasteiger partial charge in [0.1, 0.15) is 35.2 Å². The number of aliphatic carboxylic acids is 1. The van der Waals surface area contributed by atoms with E-state index < -0.39 is 40.8 Å². The number of carbonyl (C=O) groups excluding carboxylic acids is 3. The Bertz CT molecular complexity index is 1840. The van der Waals surface area contributed by atoms with Gasteiger partial charge in [0.05, 0.1) is 7.11 Å². The van der Waals surface area contributed by atoms with Gasteiger partial charge in [-0.25, -0.2) is 14.6 Å². The first-order chi connectivity index (χ1) is 23.4. The Morgan fingerprint density at radius 1 is 1.14 bits per heavy atom. The number of amides is 2. The van der Waals surface area contributed by atoms with Crippen LogP contribution >= 0.6 is 34.7 Å². The van der Waals surface area contributed by atoms with Gasteiger partial charge >= 0.3 is 11.9 Å². The van der Waals surface area contributed by atoms with Crippen LogP contribution in [-0.2, 0) is 41.2 Å². The number of nitrogens with two attached hydrogens (primary N) is 1. The van der Waals surface area contributed by atoms with Crippen LogP contribution in [0.1, 0.15) is 36.2 Å². The summed E-state index contributed by atoms with van der Waals surface area (Å²) in [6, 6.07) is 13.6. The maximum absolute atomic E-state index is 13.7.